The summed E-state index contributed by atoms with van der Waals surface area (Å²) in [7, 11) is 0. The number of hydrogen-bond acceptors (Lipinski definition) is 2. The Hall–Kier alpha value is -1.68. The van der Waals surface area contributed by atoms with E-state index in [1.807, 2.05) is 12.1 Å². The van der Waals surface area contributed by atoms with Crippen LogP contribution in [0.4, 0.5) is 4.39 Å². The molecule has 0 N–H and O–H groups in total. The van der Waals surface area contributed by atoms with Gasteiger partial charge in [0.2, 0.25) is 0 Å². The van der Waals surface area contributed by atoms with Crippen LogP contribution in [0, 0.1) is 5.82 Å². The average molecular weight is 363 g/mol. The van der Waals surface area contributed by atoms with E-state index in [1.165, 1.54) is 23.6 Å². The minimum absolute atomic E-state index is 0.0605. The number of aryl methyl sites for hydroxylation is 2. The minimum Gasteiger partial charge on any atom is -0.457 e. The molecule has 0 fully saturated rings. The van der Waals surface area contributed by atoms with E-state index in [4.69, 9.17) is 4.74 Å². The van der Waals surface area contributed by atoms with Crippen molar-refractivity contribution in [1.29, 1.82) is 0 Å². The standard InChI is InChI=1S/C18H16BrFO2/c19-16-8-7-15(17(20)10-16)11-22-18(21)14-6-5-12-3-1-2-4-13(12)9-14/h5-10H,1-4,11H2. The first kappa shape index (κ1) is 15.2. The lowest BCUT2D eigenvalue weighted by atomic mass is 9.90. The van der Waals surface area contributed by atoms with Gasteiger partial charge in [0.15, 0.2) is 0 Å². The lowest BCUT2D eigenvalue weighted by molar-refractivity contribution is 0.0469. The summed E-state index contributed by atoms with van der Waals surface area (Å²) in [6.07, 6.45) is 4.46. The first-order valence-electron chi connectivity index (χ1n) is 7.36. The first-order valence-corrected chi connectivity index (χ1v) is 8.15. The van der Waals surface area contributed by atoms with E-state index >= 15 is 0 Å². The van der Waals surface area contributed by atoms with Gasteiger partial charge in [0.05, 0.1) is 5.56 Å². The third-order valence-electron chi connectivity index (χ3n) is 3.96. The second-order valence-corrected chi connectivity index (χ2v) is 6.42. The lowest BCUT2D eigenvalue weighted by Gasteiger charge is -2.16. The molecule has 2 aromatic rings. The van der Waals surface area contributed by atoms with Crippen molar-refractivity contribution < 1.29 is 13.9 Å². The summed E-state index contributed by atoms with van der Waals surface area (Å²) in [6.45, 7) is -0.0605. The SMILES string of the molecule is O=C(OCc1ccc(Br)cc1F)c1ccc2c(c1)CCCC2. The molecule has 0 bridgehead atoms. The Bertz CT molecular complexity index is 712. The number of carbonyl (C=O) groups is 1. The van der Waals surface area contributed by atoms with Gasteiger partial charge in [0.1, 0.15) is 12.4 Å². The van der Waals surface area contributed by atoms with Crippen LogP contribution in [0.2, 0.25) is 0 Å². The molecule has 3 rings (SSSR count). The molecule has 22 heavy (non-hydrogen) atoms. The van der Waals surface area contributed by atoms with Gasteiger partial charge in [-0.15, -0.1) is 0 Å². The molecule has 1 aliphatic rings. The summed E-state index contributed by atoms with van der Waals surface area (Å²) in [5, 5.41) is 0. The molecular weight excluding hydrogens is 347 g/mol. The van der Waals surface area contributed by atoms with Crippen molar-refractivity contribution in [3.63, 3.8) is 0 Å². The molecule has 0 spiro atoms. The van der Waals surface area contributed by atoms with Crippen LogP contribution in [0.5, 0.6) is 0 Å². The zero-order valence-electron chi connectivity index (χ0n) is 12.1. The van der Waals surface area contributed by atoms with Gasteiger partial charge in [-0.05, 0) is 61.1 Å². The lowest BCUT2D eigenvalue weighted by Crippen LogP contribution is -2.09. The molecule has 0 unspecified atom stereocenters. The van der Waals surface area contributed by atoms with Gasteiger partial charge in [0, 0.05) is 10.0 Å². The van der Waals surface area contributed by atoms with E-state index in [0.717, 1.165) is 19.3 Å². The molecule has 0 saturated carbocycles. The molecule has 0 radical (unpaired) electrons. The average Bonchev–Trinajstić information content (AvgIpc) is 2.53. The molecule has 0 saturated heterocycles. The highest BCUT2D eigenvalue weighted by atomic mass is 79.9. The Labute approximate surface area is 137 Å². The van der Waals surface area contributed by atoms with Gasteiger partial charge in [-0.1, -0.05) is 28.1 Å². The molecule has 0 atom stereocenters. The summed E-state index contributed by atoms with van der Waals surface area (Å²) in [5.74, 6) is -0.789. The van der Waals surface area contributed by atoms with Crippen molar-refractivity contribution >= 4 is 21.9 Å². The summed E-state index contributed by atoms with van der Waals surface area (Å²) in [5.41, 5.74) is 3.46. The summed E-state index contributed by atoms with van der Waals surface area (Å²) >= 11 is 3.20. The second kappa shape index (κ2) is 6.61. The maximum absolute atomic E-state index is 13.7. The van der Waals surface area contributed by atoms with Crippen molar-refractivity contribution in [2.24, 2.45) is 0 Å². The molecule has 2 aromatic carbocycles. The van der Waals surface area contributed by atoms with Crippen LogP contribution in [-0.4, -0.2) is 5.97 Å². The van der Waals surface area contributed by atoms with E-state index in [2.05, 4.69) is 15.9 Å². The predicted molar refractivity (Wildman–Crippen MR) is 86.3 cm³/mol. The Kier molecular flexibility index (Phi) is 4.57. The molecule has 4 heteroatoms. The monoisotopic (exact) mass is 362 g/mol. The fraction of sp³-hybridized carbons (Fsp3) is 0.278. The molecule has 0 heterocycles. The molecule has 0 aliphatic heterocycles. The van der Waals surface area contributed by atoms with Gasteiger partial charge >= 0.3 is 5.97 Å². The molecule has 0 aromatic heterocycles. The number of ether oxygens (including phenoxy) is 1. The smallest absolute Gasteiger partial charge is 0.338 e. The molecule has 0 amide bonds. The minimum atomic E-state index is -0.407. The zero-order valence-corrected chi connectivity index (χ0v) is 13.7. The number of rotatable bonds is 3. The van der Waals surface area contributed by atoms with E-state index in [0.29, 0.717) is 15.6 Å². The van der Waals surface area contributed by atoms with Crippen LogP contribution in [0.3, 0.4) is 0 Å². The van der Waals surface area contributed by atoms with E-state index in [1.54, 1.807) is 18.2 Å². The highest BCUT2D eigenvalue weighted by Gasteiger charge is 2.14. The number of halogens is 2. The van der Waals surface area contributed by atoms with Crippen LogP contribution >= 0.6 is 15.9 Å². The quantitative estimate of drug-likeness (QED) is 0.731. The van der Waals surface area contributed by atoms with Crippen molar-refractivity contribution in [2.45, 2.75) is 32.3 Å². The number of hydrogen-bond donors (Lipinski definition) is 0. The molecule has 114 valence electrons. The summed E-state index contributed by atoms with van der Waals surface area (Å²) in [6, 6.07) is 10.4. The first-order chi connectivity index (χ1) is 10.6. The van der Waals surface area contributed by atoms with Crippen LogP contribution in [0.15, 0.2) is 40.9 Å². The highest BCUT2D eigenvalue weighted by Crippen LogP contribution is 2.23. The maximum Gasteiger partial charge on any atom is 0.338 e. The molecular formula is C18H16BrFO2. The Morgan fingerprint density at radius 1 is 1.09 bits per heavy atom. The second-order valence-electron chi connectivity index (χ2n) is 5.50. The van der Waals surface area contributed by atoms with Crippen LogP contribution in [0.25, 0.3) is 0 Å². The van der Waals surface area contributed by atoms with Crippen LogP contribution < -0.4 is 0 Å². The highest BCUT2D eigenvalue weighted by molar-refractivity contribution is 9.10. The van der Waals surface area contributed by atoms with E-state index in [9.17, 15) is 9.18 Å². The van der Waals surface area contributed by atoms with Crippen molar-refractivity contribution in [1.82, 2.24) is 0 Å². The summed E-state index contributed by atoms with van der Waals surface area (Å²) in [4.78, 5) is 12.1. The number of carbonyl (C=O) groups excluding carboxylic acids is 1. The van der Waals surface area contributed by atoms with Gasteiger partial charge in [-0.3, -0.25) is 0 Å². The van der Waals surface area contributed by atoms with Gasteiger partial charge in [0.25, 0.3) is 0 Å². The number of fused-ring (bicyclic) bond motifs is 1. The Morgan fingerprint density at radius 2 is 1.86 bits per heavy atom. The fourth-order valence-corrected chi connectivity index (χ4v) is 3.06. The maximum atomic E-state index is 13.7. The third kappa shape index (κ3) is 3.38. The largest absolute Gasteiger partial charge is 0.457 e. The predicted octanol–water partition coefficient (Wildman–Crippen LogP) is 4.82. The van der Waals surface area contributed by atoms with E-state index in [-0.39, 0.29) is 12.4 Å². The van der Waals surface area contributed by atoms with Crippen molar-refractivity contribution in [2.75, 3.05) is 0 Å². The van der Waals surface area contributed by atoms with E-state index < -0.39 is 5.97 Å². The van der Waals surface area contributed by atoms with Crippen molar-refractivity contribution in [3.05, 3.63) is 68.9 Å². The van der Waals surface area contributed by atoms with Crippen molar-refractivity contribution in [3.8, 4) is 0 Å². The Morgan fingerprint density at radius 3 is 2.64 bits per heavy atom. The topological polar surface area (TPSA) is 26.3 Å². The normalized spacial score (nSPS) is 13.5. The number of esters is 1. The van der Waals surface area contributed by atoms with Gasteiger partial charge in [-0.2, -0.15) is 0 Å². The molecule has 1 aliphatic carbocycles. The third-order valence-corrected chi connectivity index (χ3v) is 4.45. The molecule has 2 nitrogen and oxygen atoms in total. The van der Waals surface area contributed by atoms with Crippen LogP contribution in [0.1, 0.15) is 39.9 Å². The zero-order chi connectivity index (χ0) is 15.5. The van der Waals surface area contributed by atoms with Crippen LogP contribution in [-0.2, 0) is 24.2 Å². The Balaban J connectivity index is 1.69. The number of benzene rings is 2. The van der Waals surface area contributed by atoms with Gasteiger partial charge in [-0.25, -0.2) is 9.18 Å². The van der Waals surface area contributed by atoms with Gasteiger partial charge < -0.3 is 4.74 Å². The fourth-order valence-electron chi connectivity index (χ4n) is 2.73. The summed E-state index contributed by atoms with van der Waals surface area (Å²) < 4.78 is 19.6.